The molecule has 2 heterocycles. The summed E-state index contributed by atoms with van der Waals surface area (Å²) >= 11 is 1.72. The molecule has 1 aliphatic heterocycles. The van der Waals surface area contributed by atoms with Crippen molar-refractivity contribution in [3.8, 4) is 10.6 Å². The molecule has 0 saturated heterocycles. The van der Waals surface area contributed by atoms with Gasteiger partial charge in [-0.3, -0.25) is 5.41 Å². The first-order valence-electron chi connectivity index (χ1n) is 7.25. The van der Waals surface area contributed by atoms with Crippen LogP contribution in [0.5, 0.6) is 0 Å². The van der Waals surface area contributed by atoms with Crippen molar-refractivity contribution in [2.75, 3.05) is 26.0 Å². The van der Waals surface area contributed by atoms with Gasteiger partial charge in [-0.25, -0.2) is 4.98 Å². The highest BCUT2D eigenvalue weighted by Crippen LogP contribution is 2.34. The van der Waals surface area contributed by atoms with Crippen molar-refractivity contribution < 1.29 is 0 Å². The van der Waals surface area contributed by atoms with E-state index in [-0.39, 0.29) is 24.8 Å². The standard InChI is InChI=1S/C16H20N4S.2ClH/c1-20(2)14(17)11-6-5-7-12(10-11)15-19-13-8-3-4-9-18-16(13)21-15;;/h5-7,10,17-18H,3-4,8-9H2,1-2H3;2*1H. The van der Waals surface area contributed by atoms with Crippen LogP contribution in [0.2, 0.25) is 0 Å². The van der Waals surface area contributed by atoms with E-state index in [9.17, 15) is 0 Å². The van der Waals surface area contributed by atoms with Crippen LogP contribution in [0.15, 0.2) is 24.3 Å². The Morgan fingerprint density at radius 1 is 1.26 bits per heavy atom. The molecule has 0 amide bonds. The fraction of sp³-hybridized carbons (Fsp3) is 0.375. The topological polar surface area (TPSA) is 52.0 Å². The molecule has 2 N–H and O–H groups in total. The predicted molar refractivity (Wildman–Crippen MR) is 104 cm³/mol. The van der Waals surface area contributed by atoms with E-state index in [1.54, 1.807) is 11.3 Å². The number of amidine groups is 1. The van der Waals surface area contributed by atoms with E-state index in [2.05, 4.69) is 17.4 Å². The second-order valence-corrected chi connectivity index (χ2v) is 6.50. The molecule has 0 bridgehead atoms. The number of rotatable bonds is 2. The molecule has 0 unspecified atom stereocenters. The Morgan fingerprint density at radius 2 is 2.04 bits per heavy atom. The van der Waals surface area contributed by atoms with Gasteiger partial charge in [-0.1, -0.05) is 29.5 Å². The van der Waals surface area contributed by atoms with E-state index < -0.39 is 0 Å². The third kappa shape index (κ3) is 4.37. The van der Waals surface area contributed by atoms with Gasteiger partial charge >= 0.3 is 0 Å². The lowest BCUT2D eigenvalue weighted by atomic mass is 10.1. The van der Waals surface area contributed by atoms with E-state index in [1.165, 1.54) is 23.5 Å². The minimum atomic E-state index is 0. The number of aryl methyl sites for hydroxylation is 1. The van der Waals surface area contributed by atoms with Crippen LogP contribution >= 0.6 is 36.2 Å². The van der Waals surface area contributed by atoms with E-state index >= 15 is 0 Å². The summed E-state index contributed by atoms with van der Waals surface area (Å²) in [6.45, 7) is 1.04. The maximum absolute atomic E-state index is 8.10. The van der Waals surface area contributed by atoms with Gasteiger partial charge in [0.05, 0.1) is 5.69 Å². The quantitative estimate of drug-likeness (QED) is 0.610. The number of anilines is 1. The molecule has 4 nitrogen and oxygen atoms in total. The van der Waals surface area contributed by atoms with Crippen LogP contribution in [0, 0.1) is 5.41 Å². The van der Waals surface area contributed by atoms with Gasteiger partial charge in [-0.2, -0.15) is 0 Å². The summed E-state index contributed by atoms with van der Waals surface area (Å²) < 4.78 is 0. The van der Waals surface area contributed by atoms with Gasteiger partial charge in [0.15, 0.2) is 0 Å². The number of hydrogen-bond acceptors (Lipinski definition) is 4. The van der Waals surface area contributed by atoms with E-state index in [0.29, 0.717) is 5.84 Å². The fourth-order valence-electron chi connectivity index (χ4n) is 2.46. The fourth-order valence-corrected chi connectivity index (χ4v) is 3.49. The molecule has 1 aliphatic rings. The van der Waals surface area contributed by atoms with E-state index in [0.717, 1.165) is 29.1 Å². The number of nitrogens with zero attached hydrogens (tertiary/aromatic N) is 2. The zero-order valence-corrected chi connectivity index (χ0v) is 15.7. The molecule has 7 heteroatoms. The highest BCUT2D eigenvalue weighted by Gasteiger charge is 2.15. The monoisotopic (exact) mass is 372 g/mol. The minimum Gasteiger partial charge on any atom is -0.375 e. The lowest BCUT2D eigenvalue weighted by molar-refractivity contribution is 0.619. The third-order valence-corrected chi connectivity index (χ3v) is 4.76. The Balaban J connectivity index is 0.00000132. The number of nitrogens with one attached hydrogen (secondary N) is 2. The maximum atomic E-state index is 8.10. The van der Waals surface area contributed by atoms with Crippen molar-refractivity contribution in [3.05, 3.63) is 35.5 Å². The van der Waals surface area contributed by atoms with Gasteiger partial charge in [0.25, 0.3) is 0 Å². The number of fused-ring (bicyclic) bond motifs is 1. The molecule has 0 saturated carbocycles. The van der Waals surface area contributed by atoms with E-state index in [1.807, 2.05) is 31.1 Å². The smallest absolute Gasteiger partial charge is 0.127 e. The van der Waals surface area contributed by atoms with Crippen LogP contribution < -0.4 is 5.32 Å². The average Bonchev–Trinajstić information content (AvgIpc) is 2.77. The van der Waals surface area contributed by atoms with Gasteiger partial charge in [-0.15, -0.1) is 24.8 Å². The molecule has 3 rings (SSSR count). The van der Waals surface area contributed by atoms with Crippen molar-refractivity contribution >= 4 is 47.0 Å². The zero-order valence-electron chi connectivity index (χ0n) is 13.3. The van der Waals surface area contributed by atoms with E-state index in [4.69, 9.17) is 10.4 Å². The Hall–Kier alpha value is -1.30. The van der Waals surface area contributed by atoms with Gasteiger partial charge in [0, 0.05) is 31.8 Å². The summed E-state index contributed by atoms with van der Waals surface area (Å²) in [6.07, 6.45) is 3.48. The van der Waals surface area contributed by atoms with Crippen LogP contribution in [0.1, 0.15) is 24.1 Å². The van der Waals surface area contributed by atoms with Gasteiger partial charge in [0.1, 0.15) is 15.8 Å². The normalized spacial score (nSPS) is 12.8. The molecular weight excluding hydrogens is 351 g/mol. The summed E-state index contributed by atoms with van der Waals surface area (Å²) in [5.41, 5.74) is 3.22. The number of thiazole rings is 1. The first-order valence-corrected chi connectivity index (χ1v) is 8.07. The van der Waals surface area contributed by atoms with Crippen LogP contribution in [-0.4, -0.2) is 36.4 Å². The van der Waals surface area contributed by atoms with Crippen LogP contribution in [0.25, 0.3) is 10.6 Å². The maximum Gasteiger partial charge on any atom is 0.127 e. The molecule has 0 radical (unpaired) electrons. The Morgan fingerprint density at radius 3 is 2.78 bits per heavy atom. The lowest BCUT2D eigenvalue weighted by Crippen LogP contribution is -2.21. The zero-order chi connectivity index (χ0) is 14.8. The molecule has 23 heavy (non-hydrogen) atoms. The first-order chi connectivity index (χ1) is 10.1. The second kappa shape index (κ2) is 8.52. The van der Waals surface area contributed by atoms with Crippen molar-refractivity contribution in [1.82, 2.24) is 9.88 Å². The second-order valence-electron chi connectivity index (χ2n) is 5.50. The third-order valence-electron chi connectivity index (χ3n) is 3.65. The Labute approximate surface area is 153 Å². The minimum absolute atomic E-state index is 0. The molecule has 1 aromatic heterocycles. The summed E-state index contributed by atoms with van der Waals surface area (Å²) in [5, 5.41) is 13.8. The molecule has 0 atom stereocenters. The average molecular weight is 373 g/mol. The molecule has 0 spiro atoms. The van der Waals surface area contributed by atoms with Crippen molar-refractivity contribution in [2.45, 2.75) is 19.3 Å². The van der Waals surface area contributed by atoms with Gasteiger partial charge in [-0.05, 0) is 25.3 Å². The Bertz CT molecular complexity index is 646. The SMILES string of the molecule is CN(C)C(=N)c1cccc(-c2nc3c(s2)NCCCC3)c1.Cl.Cl. The molecule has 126 valence electrons. The summed E-state index contributed by atoms with van der Waals surface area (Å²) in [5.74, 6) is 0.521. The summed E-state index contributed by atoms with van der Waals surface area (Å²) in [4.78, 5) is 6.62. The summed E-state index contributed by atoms with van der Waals surface area (Å²) in [6, 6.07) is 8.11. The number of halogens is 2. The number of benzene rings is 1. The Kier molecular flexibility index (Phi) is 7.32. The summed E-state index contributed by atoms with van der Waals surface area (Å²) in [7, 11) is 3.79. The molecule has 2 aromatic rings. The van der Waals surface area contributed by atoms with Crippen LogP contribution in [0.4, 0.5) is 5.00 Å². The highest BCUT2D eigenvalue weighted by molar-refractivity contribution is 7.19. The van der Waals surface area contributed by atoms with Crippen molar-refractivity contribution in [1.29, 1.82) is 5.41 Å². The van der Waals surface area contributed by atoms with Gasteiger partial charge in [0.2, 0.25) is 0 Å². The predicted octanol–water partition coefficient (Wildman–Crippen LogP) is 4.29. The van der Waals surface area contributed by atoms with Gasteiger partial charge < -0.3 is 10.2 Å². The van der Waals surface area contributed by atoms with Crippen molar-refractivity contribution in [2.24, 2.45) is 0 Å². The van der Waals surface area contributed by atoms with Crippen LogP contribution in [0.3, 0.4) is 0 Å². The number of hydrogen-bond donors (Lipinski definition) is 2. The number of aromatic nitrogens is 1. The molecule has 0 fully saturated rings. The molecule has 1 aromatic carbocycles. The first kappa shape index (κ1) is 19.7. The largest absolute Gasteiger partial charge is 0.375 e. The highest BCUT2D eigenvalue weighted by atomic mass is 35.5. The lowest BCUT2D eigenvalue weighted by Gasteiger charge is -2.14. The molecular formula is C16H22Cl2N4S. The van der Waals surface area contributed by atoms with Crippen LogP contribution in [-0.2, 0) is 6.42 Å². The van der Waals surface area contributed by atoms with Crippen molar-refractivity contribution in [3.63, 3.8) is 0 Å². The molecule has 0 aliphatic carbocycles.